The van der Waals surface area contributed by atoms with Gasteiger partial charge in [-0.1, -0.05) is 22.9 Å². The van der Waals surface area contributed by atoms with Crippen molar-refractivity contribution in [1.29, 1.82) is 0 Å². The molecule has 0 aromatic heterocycles. The van der Waals surface area contributed by atoms with Gasteiger partial charge in [-0.05, 0) is 58.8 Å². The van der Waals surface area contributed by atoms with E-state index in [9.17, 15) is 8.42 Å². The molecule has 0 aliphatic heterocycles. The van der Waals surface area contributed by atoms with Gasteiger partial charge in [0.2, 0.25) is 10.0 Å². The Hall–Kier alpha value is 0.0900. The van der Waals surface area contributed by atoms with Crippen LogP contribution in [-0.2, 0) is 10.0 Å². The fraction of sp³-hybridized carbons (Fsp3) is 0.538. The van der Waals surface area contributed by atoms with E-state index in [2.05, 4.69) is 38.8 Å². The van der Waals surface area contributed by atoms with Gasteiger partial charge >= 0.3 is 0 Å². The highest BCUT2D eigenvalue weighted by Gasteiger charge is 2.36. The number of rotatable bonds is 4. The minimum Gasteiger partial charge on any atom is -0.207 e. The van der Waals surface area contributed by atoms with Crippen LogP contribution >= 0.6 is 31.9 Å². The van der Waals surface area contributed by atoms with E-state index < -0.39 is 10.0 Å². The average molecular weight is 411 g/mol. The molecule has 2 rings (SSSR count). The molecule has 3 nitrogen and oxygen atoms in total. The van der Waals surface area contributed by atoms with Crippen molar-refractivity contribution in [2.45, 2.75) is 25.2 Å². The minimum atomic E-state index is -3.43. The summed E-state index contributed by atoms with van der Waals surface area (Å²) in [5, 5.41) is 0. The molecule has 0 heterocycles. The van der Waals surface area contributed by atoms with Crippen LogP contribution in [0.15, 0.2) is 26.0 Å². The fourth-order valence-electron chi connectivity index (χ4n) is 2.08. The summed E-state index contributed by atoms with van der Waals surface area (Å²) in [5.41, 5.74) is 1.00. The smallest absolute Gasteiger partial charge is 0.207 e. The number of benzene rings is 1. The van der Waals surface area contributed by atoms with Crippen molar-refractivity contribution in [2.75, 3.05) is 13.6 Å². The van der Waals surface area contributed by atoms with Crippen LogP contribution < -0.4 is 0 Å². The van der Waals surface area contributed by atoms with Gasteiger partial charge in [-0.3, -0.25) is 0 Å². The molecule has 0 bridgehead atoms. The first-order valence-corrected chi connectivity index (χ1v) is 9.18. The maximum absolute atomic E-state index is 12.6. The van der Waals surface area contributed by atoms with Crippen LogP contribution in [0.4, 0.5) is 0 Å². The Morgan fingerprint density at radius 3 is 2.42 bits per heavy atom. The van der Waals surface area contributed by atoms with Crippen LogP contribution in [0.2, 0.25) is 0 Å². The molecule has 0 radical (unpaired) electrons. The zero-order valence-corrected chi connectivity index (χ0v) is 15.1. The molecule has 0 amide bonds. The van der Waals surface area contributed by atoms with Crippen LogP contribution in [0.25, 0.3) is 0 Å². The Morgan fingerprint density at radius 2 is 1.89 bits per heavy atom. The van der Waals surface area contributed by atoms with E-state index in [0.29, 0.717) is 27.7 Å². The predicted molar refractivity (Wildman–Crippen MR) is 83.7 cm³/mol. The summed E-state index contributed by atoms with van der Waals surface area (Å²) in [6.07, 6.45) is 1.12. The summed E-state index contributed by atoms with van der Waals surface area (Å²) in [7, 11) is -1.78. The molecule has 0 N–H and O–H groups in total. The van der Waals surface area contributed by atoms with E-state index in [4.69, 9.17) is 0 Å². The molecule has 6 heteroatoms. The molecule has 1 aliphatic carbocycles. The van der Waals surface area contributed by atoms with Gasteiger partial charge in [0, 0.05) is 22.5 Å². The summed E-state index contributed by atoms with van der Waals surface area (Å²) < 4.78 is 28.0. The molecule has 2 atom stereocenters. The summed E-state index contributed by atoms with van der Waals surface area (Å²) in [5.74, 6) is 1.15. The second-order valence-corrected chi connectivity index (χ2v) is 9.01. The number of sulfonamides is 1. The van der Waals surface area contributed by atoms with Crippen molar-refractivity contribution in [2.24, 2.45) is 11.8 Å². The van der Waals surface area contributed by atoms with Gasteiger partial charge in [-0.15, -0.1) is 0 Å². The Bertz CT molecular complexity index is 601. The molecule has 1 aromatic carbocycles. The Kier molecular flexibility index (Phi) is 4.45. The normalized spacial score (nSPS) is 22.8. The third-order valence-corrected chi connectivity index (χ3v) is 7.31. The van der Waals surface area contributed by atoms with Crippen molar-refractivity contribution < 1.29 is 8.42 Å². The van der Waals surface area contributed by atoms with Gasteiger partial charge < -0.3 is 0 Å². The number of halogens is 2. The first-order chi connectivity index (χ1) is 8.73. The fourth-order valence-corrected chi connectivity index (χ4v) is 4.94. The lowest BCUT2D eigenvalue weighted by molar-refractivity contribution is 0.444. The van der Waals surface area contributed by atoms with Crippen molar-refractivity contribution >= 4 is 41.9 Å². The number of nitrogens with zero attached hydrogens (tertiary/aromatic N) is 1. The Morgan fingerprint density at radius 1 is 1.32 bits per heavy atom. The van der Waals surface area contributed by atoms with Gasteiger partial charge in [0.25, 0.3) is 0 Å². The molecule has 1 aliphatic rings. The molecule has 2 unspecified atom stereocenters. The molecular formula is C13H17Br2NO2S. The van der Waals surface area contributed by atoms with Gasteiger partial charge in [-0.25, -0.2) is 12.7 Å². The van der Waals surface area contributed by atoms with Crippen LogP contribution in [0, 0.1) is 18.8 Å². The van der Waals surface area contributed by atoms with Gasteiger partial charge in [0.15, 0.2) is 0 Å². The average Bonchev–Trinajstić information content (AvgIpc) is 2.99. The minimum absolute atomic E-state index is 0.320. The second kappa shape index (κ2) is 5.47. The first-order valence-electron chi connectivity index (χ1n) is 6.15. The molecule has 106 valence electrons. The van der Waals surface area contributed by atoms with Crippen LogP contribution in [0.1, 0.15) is 18.9 Å². The van der Waals surface area contributed by atoms with E-state index >= 15 is 0 Å². The molecule has 1 fully saturated rings. The van der Waals surface area contributed by atoms with E-state index in [-0.39, 0.29) is 0 Å². The largest absolute Gasteiger partial charge is 0.243 e. The van der Waals surface area contributed by atoms with Crippen molar-refractivity contribution in [3.63, 3.8) is 0 Å². The van der Waals surface area contributed by atoms with Crippen molar-refractivity contribution in [1.82, 2.24) is 4.31 Å². The second-order valence-electron chi connectivity index (χ2n) is 5.29. The Balaban J connectivity index is 2.31. The maximum Gasteiger partial charge on any atom is 0.243 e. The molecular weight excluding hydrogens is 394 g/mol. The van der Waals surface area contributed by atoms with E-state index in [1.54, 1.807) is 13.1 Å². The molecule has 1 aromatic rings. The third-order valence-electron chi connectivity index (χ3n) is 3.67. The standard InChI is InChI=1S/C13H17Br2NO2S/c1-8-4-10(8)7-16(3)19(17,18)13-6-11(14)9(2)5-12(13)15/h5-6,8,10H,4,7H2,1-3H3. The van der Waals surface area contributed by atoms with Crippen molar-refractivity contribution in [3.8, 4) is 0 Å². The highest BCUT2D eigenvalue weighted by atomic mass is 79.9. The lowest BCUT2D eigenvalue weighted by Crippen LogP contribution is -2.29. The van der Waals surface area contributed by atoms with Gasteiger partial charge in [-0.2, -0.15) is 0 Å². The van der Waals surface area contributed by atoms with Crippen LogP contribution in [-0.4, -0.2) is 26.3 Å². The quantitative estimate of drug-likeness (QED) is 0.756. The van der Waals surface area contributed by atoms with Gasteiger partial charge in [0.1, 0.15) is 0 Å². The highest BCUT2D eigenvalue weighted by Crippen LogP contribution is 2.39. The number of hydrogen-bond acceptors (Lipinski definition) is 2. The number of hydrogen-bond donors (Lipinski definition) is 0. The van der Waals surface area contributed by atoms with E-state index in [1.807, 2.05) is 13.0 Å². The summed E-state index contributed by atoms with van der Waals surface area (Å²) >= 11 is 6.74. The molecule has 0 spiro atoms. The first kappa shape index (κ1) is 15.5. The summed E-state index contributed by atoms with van der Waals surface area (Å²) in [6.45, 7) is 4.69. The zero-order valence-electron chi connectivity index (χ0n) is 11.2. The zero-order chi connectivity index (χ0) is 14.4. The van der Waals surface area contributed by atoms with Gasteiger partial charge in [0.05, 0.1) is 4.90 Å². The van der Waals surface area contributed by atoms with Crippen molar-refractivity contribution in [3.05, 3.63) is 26.6 Å². The molecule has 19 heavy (non-hydrogen) atoms. The maximum atomic E-state index is 12.6. The summed E-state index contributed by atoms with van der Waals surface area (Å²) in [6, 6.07) is 3.49. The van der Waals surface area contributed by atoms with E-state index in [1.165, 1.54) is 4.31 Å². The Labute approximate surface area is 131 Å². The monoisotopic (exact) mass is 409 g/mol. The summed E-state index contributed by atoms with van der Waals surface area (Å²) in [4.78, 5) is 0.320. The third kappa shape index (κ3) is 3.23. The van der Waals surface area contributed by atoms with Crippen LogP contribution in [0.5, 0.6) is 0 Å². The highest BCUT2D eigenvalue weighted by molar-refractivity contribution is 9.11. The lowest BCUT2D eigenvalue weighted by atomic mass is 10.2. The van der Waals surface area contributed by atoms with Crippen LogP contribution in [0.3, 0.4) is 0 Å². The number of aryl methyl sites for hydroxylation is 1. The van der Waals surface area contributed by atoms with E-state index in [0.717, 1.165) is 16.5 Å². The SMILES string of the molecule is Cc1cc(Br)c(S(=O)(=O)N(C)CC2CC2C)cc1Br. The molecule has 1 saturated carbocycles. The molecule has 0 saturated heterocycles. The topological polar surface area (TPSA) is 37.4 Å². The predicted octanol–water partition coefficient (Wildman–Crippen LogP) is 3.80. The lowest BCUT2D eigenvalue weighted by Gasteiger charge is -2.18.